The molecule has 6 heteroatoms. The lowest BCUT2D eigenvalue weighted by Gasteiger charge is -2.09. The van der Waals surface area contributed by atoms with Gasteiger partial charge in [0.25, 0.3) is 0 Å². The summed E-state index contributed by atoms with van der Waals surface area (Å²) in [5, 5.41) is 6.21. The summed E-state index contributed by atoms with van der Waals surface area (Å²) >= 11 is 3.45. The zero-order valence-electron chi connectivity index (χ0n) is 9.87. The smallest absolute Gasteiger partial charge is 0.146 e. The van der Waals surface area contributed by atoms with Crippen molar-refractivity contribution in [2.24, 2.45) is 5.92 Å². The molecule has 0 amide bonds. The molecule has 0 bridgehead atoms. The van der Waals surface area contributed by atoms with Crippen molar-refractivity contribution in [3.63, 3.8) is 0 Å². The molecule has 5 nitrogen and oxygen atoms in total. The van der Waals surface area contributed by atoms with Crippen molar-refractivity contribution in [3.8, 4) is 0 Å². The third-order valence-electron chi connectivity index (χ3n) is 2.62. The van der Waals surface area contributed by atoms with Gasteiger partial charge in [0.2, 0.25) is 0 Å². The van der Waals surface area contributed by atoms with E-state index in [0.717, 1.165) is 35.2 Å². The Kier molecular flexibility index (Phi) is 4.56. The van der Waals surface area contributed by atoms with E-state index in [1.807, 2.05) is 7.05 Å². The lowest BCUT2D eigenvalue weighted by atomic mass is 10.5. The number of ether oxygens (including phenoxy) is 1. The molecule has 1 fully saturated rings. The van der Waals surface area contributed by atoms with Crippen LogP contribution >= 0.6 is 15.9 Å². The van der Waals surface area contributed by atoms with Crippen LogP contribution in [0.4, 0.5) is 11.6 Å². The first-order valence-electron chi connectivity index (χ1n) is 5.81. The van der Waals surface area contributed by atoms with E-state index in [0.29, 0.717) is 6.61 Å². The average molecular weight is 301 g/mol. The molecule has 0 radical (unpaired) electrons. The first-order chi connectivity index (χ1) is 8.31. The summed E-state index contributed by atoms with van der Waals surface area (Å²) in [7, 11) is 1.83. The number of anilines is 2. The van der Waals surface area contributed by atoms with Gasteiger partial charge >= 0.3 is 0 Å². The molecular formula is C11H17BrN4O. The van der Waals surface area contributed by atoms with Crippen molar-refractivity contribution in [1.29, 1.82) is 0 Å². The first kappa shape index (κ1) is 12.6. The quantitative estimate of drug-likeness (QED) is 0.756. The number of nitrogens with one attached hydrogen (secondary N) is 2. The van der Waals surface area contributed by atoms with E-state index in [2.05, 4.69) is 36.5 Å². The number of hydrogen-bond acceptors (Lipinski definition) is 5. The van der Waals surface area contributed by atoms with Crippen molar-refractivity contribution in [3.05, 3.63) is 10.8 Å². The van der Waals surface area contributed by atoms with Crippen LogP contribution in [0.5, 0.6) is 0 Å². The molecule has 94 valence electrons. The molecule has 0 aliphatic heterocycles. The van der Waals surface area contributed by atoms with Crippen LogP contribution in [0, 0.1) is 5.92 Å². The molecular weight excluding hydrogens is 284 g/mol. The molecule has 0 unspecified atom stereocenters. The minimum absolute atomic E-state index is 0.710. The lowest BCUT2D eigenvalue weighted by Crippen LogP contribution is -2.12. The molecule has 0 saturated heterocycles. The fourth-order valence-electron chi connectivity index (χ4n) is 1.44. The highest BCUT2D eigenvalue weighted by Crippen LogP contribution is 2.28. The number of rotatable bonds is 7. The summed E-state index contributed by atoms with van der Waals surface area (Å²) < 4.78 is 6.39. The Labute approximate surface area is 110 Å². The van der Waals surface area contributed by atoms with Crippen LogP contribution in [0.15, 0.2) is 10.8 Å². The number of nitrogens with zero attached hydrogens (tertiary/aromatic N) is 2. The van der Waals surface area contributed by atoms with Gasteiger partial charge < -0.3 is 15.4 Å². The Morgan fingerprint density at radius 1 is 1.41 bits per heavy atom. The third kappa shape index (κ3) is 3.81. The molecule has 0 aromatic carbocycles. The minimum atomic E-state index is 0.710. The first-order valence-corrected chi connectivity index (χ1v) is 6.60. The van der Waals surface area contributed by atoms with Gasteiger partial charge in [-0.2, -0.15) is 0 Å². The van der Waals surface area contributed by atoms with Crippen molar-refractivity contribution >= 4 is 27.6 Å². The highest BCUT2D eigenvalue weighted by molar-refractivity contribution is 9.10. The van der Waals surface area contributed by atoms with Crippen molar-refractivity contribution in [2.45, 2.75) is 12.8 Å². The molecule has 2 N–H and O–H groups in total. The molecule has 17 heavy (non-hydrogen) atoms. The topological polar surface area (TPSA) is 59.1 Å². The zero-order valence-corrected chi connectivity index (χ0v) is 11.5. The van der Waals surface area contributed by atoms with Gasteiger partial charge in [-0.25, -0.2) is 9.97 Å². The third-order valence-corrected chi connectivity index (χ3v) is 3.37. The Bertz CT molecular complexity index is 370. The fraction of sp³-hybridized carbons (Fsp3) is 0.636. The van der Waals surface area contributed by atoms with Crippen LogP contribution in [0.3, 0.4) is 0 Å². The van der Waals surface area contributed by atoms with Crippen LogP contribution in [0.25, 0.3) is 0 Å². The Balaban J connectivity index is 1.73. The summed E-state index contributed by atoms with van der Waals surface area (Å²) in [4.78, 5) is 8.26. The number of hydrogen-bond donors (Lipinski definition) is 2. The predicted molar refractivity (Wildman–Crippen MR) is 71.3 cm³/mol. The van der Waals surface area contributed by atoms with Crippen LogP contribution in [0.1, 0.15) is 12.8 Å². The highest BCUT2D eigenvalue weighted by atomic mass is 79.9. The monoisotopic (exact) mass is 300 g/mol. The van der Waals surface area contributed by atoms with Crippen molar-refractivity contribution < 1.29 is 4.74 Å². The number of aromatic nitrogens is 2. The van der Waals surface area contributed by atoms with E-state index in [-0.39, 0.29) is 0 Å². The van der Waals surface area contributed by atoms with Crippen LogP contribution in [-0.4, -0.2) is 36.8 Å². The Morgan fingerprint density at radius 3 is 2.88 bits per heavy atom. The summed E-state index contributed by atoms with van der Waals surface area (Å²) in [6, 6.07) is 0. The minimum Gasteiger partial charge on any atom is -0.379 e. The molecule has 1 aliphatic carbocycles. The Morgan fingerprint density at radius 2 is 2.18 bits per heavy atom. The summed E-state index contributed by atoms with van der Waals surface area (Å²) in [6.45, 7) is 2.36. The average Bonchev–Trinajstić information content (AvgIpc) is 3.15. The van der Waals surface area contributed by atoms with Gasteiger partial charge in [0.15, 0.2) is 0 Å². The number of halogens is 1. The maximum absolute atomic E-state index is 5.54. The molecule has 0 spiro atoms. The maximum Gasteiger partial charge on any atom is 0.146 e. The van der Waals surface area contributed by atoms with E-state index in [4.69, 9.17) is 4.74 Å². The summed E-state index contributed by atoms with van der Waals surface area (Å²) in [6.07, 6.45) is 4.19. The van der Waals surface area contributed by atoms with E-state index in [1.54, 1.807) is 0 Å². The van der Waals surface area contributed by atoms with Crippen molar-refractivity contribution in [2.75, 3.05) is 37.4 Å². The SMILES string of the molecule is CNc1ncnc(NCCOCC2CC2)c1Br. The van der Waals surface area contributed by atoms with Crippen molar-refractivity contribution in [1.82, 2.24) is 9.97 Å². The van der Waals surface area contributed by atoms with Gasteiger partial charge in [-0.1, -0.05) is 0 Å². The van der Waals surface area contributed by atoms with Gasteiger partial charge in [-0.3, -0.25) is 0 Å². The van der Waals surface area contributed by atoms with Crippen LogP contribution < -0.4 is 10.6 Å². The second-order valence-corrected chi connectivity index (χ2v) is 4.87. The second kappa shape index (κ2) is 6.16. The fourth-order valence-corrected chi connectivity index (χ4v) is 1.99. The zero-order chi connectivity index (χ0) is 12.1. The van der Waals surface area contributed by atoms with Gasteiger partial charge in [0.05, 0.1) is 6.61 Å². The highest BCUT2D eigenvalue weighted by Gasteiger charge is 2.20. The molecule has 2 rings (SSSR count). The van der Waals surface area contributed by atoms with Crippen LogP contribution in [0.2, 0.25) is 0 Å². The largest absolute Gasteiger partial charge is 0.379 e. The van der Waals surface area contributed by atoms with Gasteiger partial charge in [-0.15, -0.1) is 0 Å². The van der Waals surface area contributed by atoms with E-state index in [9.17, 15) is 0 Å². The molecule has 1 saturated carbocycles. The molecule has 1 aromatic heterocycles. The van der Waals surface area contributed by atoms with E-state index >= 15 is 0 Å². The lowest BCUT2D eigenvalue weighted by molar-refractivity contribution is 0.134. The summed E-state index contributed by atoms with van der Waals surface area (Å²) in [5.41, 5.74) is 0. The molecule has 1 heterocycles. The predicted octanol–water partition coefficient (Wildman–Crippen LogP) is 2.12. The van der Waals surface area contributed by atoms with E-state index in [1.165, 1.54) is 19.2 Å². The van der Waals surface area contributed by atoms with E-state index < -0.39 is 0 Å². The standard InChI is InChI=1S/C11H17BrN4O/c1-13-10-9(12)11(16-7-15-10)14-4-5-17-6-8-2-3-8/h7-8H,2-6H2,1H3,(H2,13,14,15,16). The molecule has 1 aromatic rings. The van der Waals surface area contributed by atoms with Gasteiger partial charge in [0, 0.05) is 20.2 Å². The van der Waals surface area contributed by atoms with Gasteiger partial charge in [-0.05, 0) is 34.7 Å². The van der Waals surface area contributed by atoms with Gasteiger partial charge in [0.1, 0.15) is 22.4 Å². The maximum atomic E-state index is 5.54. The second-order valence-electron chi connectivity index (χ2n) is 4.08. The molecule has 0 atom stereocenters. The Hall–Kier alpha value is -0.880. The summed E-state index contributed by atoms with van der Waals surface area (Å²) in [5.74, 6) is 2.39. The molecule has 1 aliphatic rings. The normalized spacial score (nSPS) is 14.7. The van der Waals surface area contributed by atoms with Crippen LogP contribution in [-0.2, 0) is 4.74 Å².